The van der Waals surface area contributed by atoms with Crippen LogP contribution in [-0.2, 0) is 9.59 Å². The van der Waals surface area contributed by atoms with Crippen LogP contribution in [0, 0.1) is 5.82 Å². The maximum atomic E-state index is 13.4. The topological polar surface area (TPSA) is 87.3 Å². The Bertz CT molecular complexity index is 940. The Labute approximate surface area is 155 Å². The molecule has 0 bridgehead atoms. The quantitative estimate of drug-likeness (QED) is 0.777. The Kier molecular flexibility index (Phi) is 4.35. The minimum absolute atomic E-state index is 0.0215. The van der Waals surface area contributed by atoms with E-state index in [9.17, 15) is 18.8 Å². The third-order valence-corrected chi connectivity index (χ3v) is 4.68. The molecule has 2 aromatic carbocycles. The number of hydrogen-bond donors (Lipinski definition) is 3. The van der Waals surface area contributed by atoms with Crippen LogP contribution in [0.15, 0.2) is 42.5 Å². The van der Waals surface area contributed by atoms with Crippen LogP contribution in [0.25, 0.3) is 0 Å². The van der Waals surface area contributed by atoms with Crippen LogP contribution in [0.1, 0.15) is 41.1 Å². The largest absolute Gasteiger partial charge is 0.349 e. The van der Waals surface area contributed by atoms with E-state index in [0.717, 1.165) is 12.8 Å². The summed E-state index contributed by atoms with van der Waals surface area (Å²) >= 11 is 0. The molecule has 1 unspecified atom stereocenters. The van der Waals surface area contributed by atoms with Crippen molar-refractivity contribution in [2.45, 2.75) is 31.2 Å². The van der Waals surface area contributed by atoms with Gasteiger partial charge in [0.2, 0.25) is 11.8 Å². The first kappa shape index (κ1) is 17.2. The smallest absolute Gasteiger partial charge is 0.251 e. The summed E-state index contributed by atoms with van der Waals surface area (Å²) in [5.41, 5.74) is 1.81. The molecule has 0 radical (unpaired) electrons. The maximum absolute atomic E-state index is 13.4. The van der Waals surface area contributed by atoms with E-state index in [-0.39, 0.29) is 30.2 Å². The van der Waals surface area contributed by atoms with Gasteiger partial charge in [0.05, 0.1) is 5.92 Å². The lowest BCUT2D eigenvalue weighted by Crippen LogP contribution is -2.31. The molecule has 7 heteroatoms. The Morgan fingerprint density at radius 1 is 1.11 bits per heavy atom. The van der Waals surface area contributed by atoms with E-state index in [2.05, 4.69) is 16.0 Å². The van der Waals surface area contributed by atoms with E-state index in [1.54, 1.807) is 24.3 Å². The monoisotopic (exact) mass is 367 g/mol. The zero-order valence-electron chi connectivity index (χ0n) is 14.4. The van der Waals surface area contributed by atoms with Gasteiger partial charge < -0.3 is 16.0 Å². The second-order valence-corrected chi connectivity index (χ2v) is 6.85. The molecule has 6 nitrogen and oxygen atoms in total. The molecular weight excluding hydrogens is 349 g/mol. The number of carbonyl (C=O) groups excluding carboxylic acids is 3. The number of halogens is 1. The number of nitrogens with one attached hydrogen (secondary N) is 3. The SMILES string of the molecule is O=C1CC(C(=O)Nc2cccc(C(=O)NC3CC3)c2)c2ccc(F)cc2N1. The normalized spacial score (nSPS) is 18.3. The van der Waals surface area contributed by atoms with Crippen LogP contribution < -0.4 is 16.0 Å². The van der Waals surface area contributed by atoms with E-state index < -0.39 is 11.7 Å². The standard InChI is InChI=1S/C20H18FN3O3/c21-12-4-7-15-16(10-18(25)24-17(15)9-12)20(27)23-14-3-1-2-11(8-14)19(26)22-13-5-6-13/h1-4,7-9,13,16H,5-6,10H2,(H,22,26)(H,23,27)(H,24,25). The first-order chi connectivity index (χ1) is 13.0. The van der Waals surface area contributed by atoms with Crippen molar-refractivity contribution < 1.29 is 18.8 Å². The van der Waals surface area contributed by atoms with Gasteiger partial charge in [0.1, 0.15) is 5.82 Å². The fourth-order valence-electron chi connectivity index (χ4n) is 3.14. The van der Waals surface area contributed by atoms with Gasteiger partial charge in [-0.3, -0.25) is 14.4 Å². The lowest BCUT2D eigenvalue weighted by Gasteiger charge is -2.25. The summed E-state index contributed by atoms with van der Waals surface area (Å²) in [6.07, 6.45) is 1.96. The molecular formula is C20H18FN3O3. The maximum Gasteiger partial charge on any atom is 0.251 e. The van der Waals surface area contributed by atoms with Gasteiger partial charge in [0.25, 0.3) is 5.91 Å². The van der Waals surface area contributed by atoms with Gasteiger partial charge in [0, 0.05) is 29.4 Å². The average Bonchev–Trinajstić information content (AvgIpc) is 3.44. The van der Waals surface area contributed by atoms with Gasteiger partial charge in [-0.15, -0.1) is 0 Å². The molecule has 1 heterocycles. The molecule has 1 aliphatic carbocycles. The summed E-state index contributed by atoms with van der Waals surface area (Å²) in [6.45, 7) is 0. The number of anilines is 2. The molecule has 0 saturated heterocycles. The van der Waals surface area contributed by atoms with E-state index in [4.69, 9.17) is 0 Å². The van der Waals surface area contributed by atoms with Crippen molar-refractivity contribution in [3.05, 3.63) is 59.4 Å². The summed E-state index contributed by atoms with van der Waals surface area (Å²) in [5, 5.41) is 8.24. The highest BCUT2D eigenvalue weighted by Crippen LogP contribution is 2.33. The second-order valence-electron chi connectivity index (χ2n) is 6.85. The van der Waals surface area contributed by atoms with Crippen molar-refractivity contribution in [3.8, 4) is 0 Å². The molecule has 3 amide bonds. The lowest BCUT2D eigenvalue weighted by molar-refractivity contribution is -0.123. The number of benzene rings is 2. The molecule has 0 aromatic heterocycles. The van der Waals surface area contributed by atoms with E-state index in [0.29, 0.717) is 22.5 Å². The van der Waals surface area contributed by atoms with Crippen molar-refractivity contribution in [2.24, 2.45) is 0 Å². The minimum Gasteiger partial charge on any atom is -0.349 e. The van der Waals surface area contributed by atoms with Crippen LogP contribution in [0.4, 0.5) is 15.8 Å². The van der Waals surface area contributed by atoms with E-state index >= 15 is 0 Å². The van der Waals surface area contributed by atoms with Crippen molar-refractivity contribution in [2.75, 3.05) is 10.6 Å². The van der Waals surface area contributed by atoms with Gasteiger partial charge in [-0.1, -0.05) is 12.1 Å². The number of carbonyl (C=O) groups is 3. The number of rotatable bonds is 4. The molecule has 1 aliphatic heterocycles. The van der Waals surface area contributed by atoms with Gasteiger partial charge >= 0.3 is 0 Å². The molecule has 0 spiro atoms. The Morgan fingerprint density at radius 3 is 2.70 bits per heavy atom. The molecule has 27 heavy (non-hydrogen) atoms. The predicted molar refractivity (Wildman–Crippen MR) is 97.9 cm³/mol. The highest BCUT2D eigenvalue weighted by atomic mass is 19.1. The summed E-state index contributed by atoms with van der Waals surface area (Å²) in [7, 11) is 0. The second kappa shape index (κ2) is 6.83. The number of amides is 3. The summed E-state index contributed by atoms with van der Waals surface area (Å²) in [6, 6.07) is 10.9. The molecule has 1 fully saturated rings. The first-order valence-corrected chi connectivity index (χ1v) is 8.81. The average molecular weight is 367 g/mol. The minimum atomic E-state index is -0.724. The van der Waals surface area contributed by atoms with Crippen molar-refractivity contribution in [3.63, 3.8) is 0 Å². The van der Waals surface area contributed by atoms with E-state index in [1.165, 1.54) is 18.2 Å². The van der Waals surface area contributed by atoms with Crippen LogP contribution >= 0.6 is 0 Å². The van der Waals surface area contributed by atoms with Gasteiger partial charge in [-0.05, 0) is 48.7 Å². The Morgan fingerprint density at radius 2 is 1.93 bits per heavy atom. The Balaban J connectivity index is 1.52. The number of hydrogen-bond acceptors (Lipinski definition) is 3. The molecule has 1 atom stereocenters. The number of fused-ring (bicyclic) bond motifs is 1. The molecule has 4 rings (SSSR count). The summed E-state index contributed by atoms with van der Waals surface area (Å²) in [5.74, 6) is -2.10. The third-order valence-electron chi connectivity index (χ3n) is 4.68. The molecule has 2 aliphatic rings. The first-order valence-electron chi connectivity index (χ1n) is 8.81. The molecule has 3 N–H and O–H groups in total. The fraction of sp³-hybridized carbons (Fsp3) is 0.250. The lowest BCUT2D eigenvalue weighted by atomic mass is 9.89. The third kappa shape index (κ3) is 3.81. The molecule has 2 aromatic rings. The highest BCUT2D eigenvalue weighted by molar-refractivity contribution is 6.05. The fourth-order valence-corrected chi connectivity index (χ4v) is 3.14. The van der Waals surface area contributed by atoms with Crippen molar-refractivity contribution in [1.29, 1.82) is 0 Å². The zero-order valence-corrected chi connectivity index (χ0v) is 14.4. The summed E-state index contributed by atoms with van der Waals surface area (Å²) < 4.78 is 13.4. The molecule has 1 saturated carbocycles. The van der Waals surface area contributed by atoms with Crippen LogP contribution in [0.3, 0.4) is 0 Å². The van der Waals surface area contributed by atoms with E-state index in [1.807, 2.05) is 0 Å². The Hall–Kier alpha value is -3.22. The van der Waals surface area contributed by atoms with Gasteiger partial charge in [-0.25, -0.2) is 4.39 Å². The zero-order chi connectivity index (χ0) is 19.0. The van der Waals surface area contributed by atoms with Crippen LogP contribution in [0.5, 0.6) is 0 Å². The molecule has 138 valence electrons. The highest BCUT2D eigenvalue weighted by Gasteiger charge is 2.31. The van der Waals surface area contributed by atoms with Crippen molar-refractivity contribution in [1.82, 2.24) is 5.32 Å². The van der Waals surface area contributed by atoms with Crippen LogP contribution in [0.2, 0.25) is 0 Å². The van der Waals surface area contributed by atoms with Gasteiger partial charge in [0.15, 0.2) is 0 Å². The predicted octanol–water partition coefficient (Wildman–Crippen LogP) is 2.78. The van der Waals surface area contributed by atoms with Crippen molar-refractivity contribution >= 4 is 29.1 Å². The van der Waals surface area contributed by atoms with Gasteiger partial charge in [-0.2, -0.15) is 0 Å². The summed E-state index contributed by atoms with van der Waals surface area (Å²) in [4.78, 5) is 36.8. The van der Waals surface area contributed by atoms with Crippen LogP contribution in [-0.4, -0.2) is 23.8 Å².